The minimum absolute atomic E-state index is 0.191. The van der Waals surface area contributed by atoms with Crippen LogP contribution >= 0.6 is 22.6 Å². The van der Waals surface area contributed by atoms with Crippen LogP contribution in [0.2, 0.25) is 0 Å². The second-order valence-electron chi connectivity index (χ2n) is 2.76. The highest BCUT2D eigenvalue weighted by atomic mass is 127. The summed E-state index contributed by atoms with van der Waals surface area (Å²) in [5.41, 5.74) is 0.794. The Morgan fingerprint density at radius 2 is 2.00 bits per heavy atom. The van der Waals surface area contributed by atoms with Gasteiger partial charge in [0, 0.05) is 15.6 Å². The minimum atomic E-state index is 0.191. The lowest BCUT2D eigenvalue weighted by atomic mass is 10.1. The van der Waals surface area contributed by atoms with Gasteiger partial charge in [0.25, 0.3) is 0 Å². The van der Waals surface area contributed by atoms with Gasteiger partial charge in [-0.2, -0.15) is 0 Å². The second kappa shape index (κ2) is 5.17. The van der Waals surface area contributed by atoms with Gasteiger partial charge in [0.15, 0.2) is 5.78 Å². The SMILES string of the molecule is C=CCCC(=O)c1ccc(I)cc1. The number of allylic oxidation sites excluding steroid dienone is 1. The van der Waals surface area contributed by atoms with Crippen molar-refractivity contribution >= 4 is 28.4 Å². The molecule has 0 saturated carbocycles. The zero-order chi connectivity index (χ0) is 9.68. The van der Waals surface area contributed by atoms with E-state index in [0.717, 1.165) is 15.6 Å². The van der Waals surface area contributed by atoms with Crippen LogP contribution in [0, 0.1) is 3.57 Å². The maximum atomic E-state index is 11.5. The fourth-order valence-corrected chi connectivity index (χ4v) is 1.37. The van der Waals surface area contributed by atoms with Gasteiger partial charge in [0.1, 0.15) is 0 Å². The van der Waals surface area contributed by atoms with Gasteiger partial charge in [-0.15, -0.1) is 6.58 Å². The van der Waals surface area contributed by atoms with Crippen LogP contribution in [0.3, 0.4) is 0 Å². The third kappa shape index (κ3) is 3.30. The number of carbonyl (C=O) groups excluding carboxylic acids is 1. The van der Waals surface area contributed by atoms with Gasteiger partial charge in [-0.05, 0) is 41.1 Å². The number of benzene rings is 1. The van der Waals surface area contributed by atoms with E-state index in [1.165, 1.54) is 0 Å². The molecule has 0 aromatic heterocycles. The Labute approximate surface area is 92.0 Å². The van der Waals surface area contributed by atoms with Gasteiger partial charge in [0.2, 0.25) is 0 Å². The quantitative estimate of drug-likeness (QED) is 0.471. The fraction of sp³-hybridized carbons (Fsp3) is 0.182. The Balaban J connectivity index is 2.66. The van der Waals surface area contributed by atoms with Gasteiger partial charge >= 0.3 is 0 Å². The standard InChI is InChI=1S/C11H11IO/c1-2-3-4-11(13)9-5-7-10(12)8-6-9/h2,5-8H,1,3-4H2. The molecule has 0 N–H and O–H groups in total. The summed E-state index contributed by atoms with van der Waals surface area (Å²) in [6.07, 6.45) is 3.08. The minimum Gasteiger partial charge on any atom is -0.294 e. The third-order valence-electron chi connectivity index (χ3n) is 1.74. The molecule has 1 rings (SSSR count). The summed E-state index contributed by atoms with van der Waals surface area (Å²) in [4.78, 5) is 11.5. The molecule has 0 atom stereocenters. The van der Waals surface area contributed by atoms with Gasteiger partial charge in [-0.1, -0.05) is 18.2 Å². The lowest BCUT2D eigenvalue weighted by Crippen LogP contribution is -1.97. The van der Waals surface area contributed by atoms with E-state index in [-0.39, 0.29) is 5.78 Å². The molecular formula is C11H11IO. The maximum Gasteiger partial charge on any atom is 0.163 e. The van der Waals surface area contributed by atoms with Crippen molar-refractivity contribution < 1.29 is 4.79 Å². The number of hydrogen-bond acceptors (Lipinski definition) is 1. The largest absolute Gasteiger partial charge is 0.294 e. The molecule has 0 spiro atoms. The van der Waals surface area contributed by atoms with Crippen LogP contribution in [0.15, 0.2) is 36.9 Å². The van der Waals surface area contributed by atoms with E-state index in [1.54, 1.807) is 6.08 Å². The predicted molar refractivity (Wildman–Crippen MR) is 62.9 cm³/mol. The molecule has 68 valence electrons. The van der Waals surface area contributed by atoms with Crippen molar-refractivity contribution in [3.63, 3.8) is 0 Å². The first-order valence-corrected chi connectivity index (χ1v) is 5.21. The van der Waals surface area contributed by atoms with Crippen molar-refractivity contribution in [3.05, 3.63) is 46.1 Å². The fourth-order valence-electron chi connectivity index (χ4n) is 1.01. The van der Waals surface area contributed by atoms with Crippen LogP contribution in [-0.4, -0.2) is 5.78 Å². The number of halogens is 1. The number of rotatable bonds is 4. The van der Waals surface area contributed by atoms with Crippen LogP contribution in [0.4, 0.5) is 0 Å². The average Bonchev–Trinajstić information content (AvgIpc) is 2.15. The third-order valence-corrected chi connectivity index (χ3v) is 2.46. The topological polar surface area (TPSA) is 17.1 Å². The van der Waals surface area contributed by atoms with Crippen LogP contribution in [0.25, 0.3) is 0 Å². The van der Waals surface area contributed by atoms with E-state index in [9.17, 15) is 4.79 Å². The molecule has 0 unspecified atom stereocenters. The Hall–Kier alpha value is -0.640. The average molecular weight is 286 g/mol. The van der Waals surface area contributed by atoms with Crippen LogP contribution in [0.5, 0.6) is 0 Å². The van der Waals surface area contributed by atoms with Gasteiger partial charge < -0.3 is 0 Å². The normalized spacial score (nSPS) is 9.62. The molecule has 1 aromatic rings. The van der Waals surface area contributed by atoms with Gasteiger partial charge in [0.05, 0.1) is 0 Å². The zero-order valence-corrected chi connectivity index (χ0v) is 9.45. The zero-order valence-electron chi connectivity index (χ0n) is 7.29. The summed E-state index contributed by atoms with van der Waals surface area (Å²) < 4.78 is 1.15. The Morgan fingerprint density at radius 1 is 1.38 bits per heavy atom. The van der Waals surface area contributed by atoms with Crippen molar-refractivity contribution in [2.24, 2.45) is 0 Å². The molecule has 0 aliphatic heterocycles. The molecule has 0 radical (unpaired) electrons. The molecule has 0 amide bonds. The van der Waals surface area contributed by atoms with Crippen LogP contribution in [-0.2, 0) is 0 Å². The lowest BCUT2D eigenvalue weighted by Gasteiger charge is -1.98. The summed E-state index contributed by atoms with van der Waals surface area (Å²) in [6.45, 7) is 3.59. The van der Waals surface area contributed by atoms with Crippen LogP contribution < -0.4 is 0 Å². The number of hydrogen-bond donors (Lipinski definition) is 0. The summed E-state index contributed by atoms with van der Waals surface area (Å²) in [5, 5.41) is 0. The number of Topliss-reactive ketones (excluding diaryl/α,β-unsaturated/α-hetero) is 1. The first-order chi connectivity index (χ1) is 6.24. The van der Waals surface area contributed by atoms with Crippen LogP contribution in [0.1, 0.15) is 23.2 Å². The molecule has 0 heterocycles. The maximum absolute atomic E-state index is 11.5. The van der Waals surface area contributed by atoms with E-state index in [0.29, 0.717) is 6.42 Å². The van der Waals surface area contributed by atoms with Crippen molar-refractivity contribution in [2.45, 2.75) is 12.8 Å². The van der Waals surface area contributed by atoms with Gasteiger partial charge in [-0.25, -0.2) is 0 Å². The molecule has 0 aliphatic rings. The molecule has 0 fully saturated rings. The first-order valence-electron chi connectivity index (χ1n) is 4.13. The Kier molecular flexibility index (Phi) is 4.15. The number of carbonyl (C=O) groups is 1. The molecule has 0 aliphatic carbocycles. The molecular weight excluding hydrogens is 275 g/mol. The first kappa shape index (κ1) is 10.4. The molecule has 13 heavy (non-hydrogen) atoms. The van der Waals surface area contributed by atoms with E-state index < -0.39 is 0 Å². The summed E-state index contributed by atoms with van der Waals surface area (Å²) in [6, 6.07) is 7.63. The highest BCUT2D eigenvalue weighted by Gasteiger charge is 2.03. The highest BCUT2D eigenvalue weighted by Crippen LogP contribution is 2.09. The van der Waals surface area contributed by atoms with E-state index in [4.69, 9.17) is 0 Å². The van der Waals surface area contributed by atoms with Gasteiger partial charge in [-0.3, -0.25) is 4.79 Å². The summed E-state index contributed by atoms with van der Waals surface area (Å²) >= 11 is 2.22. The van der Waals surface area contributed by atoms with E-state index in [2.05, 4.69) is 29.2 Å². The Bertz CT molecular complexity index is 300. The van der Waals surface area contributed by atoms with Crippen molar-refractivity contribution in [2.75, 3.05) is 0 Å². The van der Waals surface area contributed by atoms with Crippen molar-refractivity contribution in [1.82, 2.24) is 0 Å². The smallest absolute Gasteiger partial charge is 0.163 e. The Morgan fingerprint density at radius 3 is 2.54 bits per heavy atom. The lowest BCUT2D eigenvalue weighted by molar-refractivity contribution is 0.0983. The van der Waals surface area contributed by atoms with Crippen molar-refractivity contribution in [1.29, 1.82) is 0 Å². The monoisotopic (exact) mass is 286 g/mol. The molecule has 0 saturated heterocycles. The van der Waals surface area contributed by atoms with E-state index >= 15 is 0 Å². The molecule has 1 nitrogen and oxygen atoms in total. The van der Waals surface area contributed by atoms with E-state index in [1.807, 2.05) is 24.3 Å². The summed E-state index contributed by atoms with van der Waals surface area (Å²) in [7, 11) is 0. The summed E-state index contributed by atoms with van der Waals surface area (Å²) in [5.74, 6) is 0.191. The molecule has 0 bridgehead atoms. The molecule has 1 aromatic carbocycles. The second-order valence-corrected chi connectivity index (χ2v) is 4.00. The molecule has 2 heteroatoms. The highest BCUT2D eigenvalue weighted by molar-refractivity contribution is 14.1. The number of ketones is 1. The predicted octanol–water partition coefficient (Wildman–Crippen LogP) is 3.44. The van der Waals surface area contributed by atoms with Crippen molar-refractivity contribution in [3.8, 4) is 0 Å².